The van der Waals surface area contributed by atoms with Crippen LogP contribution in [0.25, 0.3) is 0 Å². The molecule has 0 saturated heterocycles. The maximum absolute atomic E-state index is 13.8. The number of hydrogen-bond acceptors (Lipinski definition) is 2. The molecular weight excluding hydrogens is 272 g/mol. The lowest BCUT2D eigenvalue weighted by atomic mass is 9.93. The summed E-state index contributed by atoms with van der Waals surface area (Å²) in [6.07, 6.45) is -4.22. The van der Waals surface area contributed by atoms with Gasteiger partial charge in [-0.05, 0) is 26.1 Å². The molecule has 1 aromatic rings. The van der Waals surface area contributed by atoms with E-state index in [0.717, 1.165) is 0 Å². The molecule has 1 aromatic carbocycles. The van der Waals surface area contributed by atoms with Crippen molar-refractivity contribution in [3.05, 3.63) is 35.6 Å². The van der Waals surface area contributed by atoms with Gasteiger partial charge in [0.05, 0.1) is 6.54 Å². The highest BCUT2D eigenvalue weighted by atomic mass is 19.4. The minimum atomic E-state index is -4.22. The molecule has 0 bridgehead atoms. The molecule has 0 fully saturated rings. The van der Waals surface area contributed by atoms with Crippen molar-refractivity contribution in [2.45, 2.75) is 19.1 Å². The zero-order valence-corrected chi connectivity index (χ0v) is 11.8. The molecule has 0 aromatic heterocycles. The van der Waals surface area contributed by atoms with Gasteiger partial charge in [-0.25, -0.2) is 4.39 Å². The molecular formula is C14H20F4N2. The van der Waals surface area contributed by atoms with Crippen molar-refractivity contribution < 1.29 is 17.6 Å². The fraction of sp³-hybridized carbons (Fsp3) is 0.571. The molecule has 20 heavy (non-hydrogen) atoms. The van der Waals surface area contributed by atoms with Crippen LogP contribution >= 0.6 is 0 Å². The second kappa shape index (κ2) is 7.04. The molecule has 2 nitrogen and oxygen atoms in total. The zero-order chi connectivity index (χ0) is 15.3. The van der Waals surface area contributed by atoms with Crippen molar-refractivity contribution in [2.24, 2.45) is 5.92 Å². The average molecular weight is 292 g/mol. The Hall–Kier alpha value is -1.14. The molecule has 1 N–H and O–H groups in total. The van der Waals surface area contributed by atoms with Gasteiger partial charge in [0, 0.05) is 18.2 Å². The normalized spacial score (nSPS) is 15.4. The highest BCUT2D eigenvalue weighted by molar-refractivity contribution is 5.21. The van der Waals surface area contributed by atoms with E-state index in [1.165, 1.54) is 18.0 Å². The highest BCUT2D eigenvalue weighted by Crippen LogP contribution is 2.25. The van der Waals surface area contributed by atoms with Crippen LogP contribution in [0.1, 0.15) is 18.5 Å². The van der Waals surface area contributed by atoms with E-state index in [2.05, 4.69) is 5.32 Å². The Kier molecular flexibility index (Phi) is 5.95. The topological polar surface area (TPSA) is 15.3 Å². The molecule has 0 radical (unpaired) electrons. The maximum atomic E-state index is 13.8. The van der Waals surface area contributed by atoms with Crippen molar-refractivity contribution >= 4 is 0 Å². The van der Waals surface area contributed by atoms with Gasteiger partial charge in [-0.2, -0.15) is 13.2 Å². The van der Waals surface area contributed by atoms with Crippen LogP contribution in [0, 0.1) is 11.7 Å². The molecule has 0 aliphatic carbocycles. The molecule has 1 rings (SSSR count). The van der Waals surface area contributed by atoms with Gasteiger partial charge in [-0.3, -0.25) is 4.90 Å². The zero-order valence-electron chi connectivity index (χ0n) is 11.8. The summed E-state index contributed by atoms with van der Waals surface area (Å²) in [7, 11) is 3.09. The van der Waals surface area contributed by atoms with Crippen LogP contribution in [-0.2, 0) is 0 Å². The molecule has 0 heterocycles. The van der Waals surface area contributed by atoms with Crippen molar-refractivity contribution in [3.8, 4) is 0 Å². The first kappa shape index (κ1) is 16.9. The molecule has 0 spiro atoms. The Labute approximate surface area is 116 Å². The second-order valence-electron chi connectivity index (χ2n) is 5.08. The standard InChI is InChI=1S/C14H20F4N2/c1-10(8-20(3)9-14(16,17)18)13(19-2)11-6-4-5-7-12(11)15/h4-7,10,13,19H,8-9H2,1-3H3. The van der Waals surface area contributed by atoms with E-state index in [1.54, 1.807) is 32.2 Å². The number of hydrogen-bond donors (Lipinski definition) is 1. The van der Waals surface area contributed by atoms with E-state index in [0.29, 0.717) is 5.56 Å². The Bertz CT molecular complexity index is 420. The van der Waals surface area contributed by atoms with Gasteiger partial charge >= 0.3 is 6.18 Å². The van der Waals surface area contributed by atoms with Gasteiger partial charge < -0.3 is 5.32 Å². The molecule has 0 amide bonds. The third kappa shape index (κ3) is 5.09. The summed E-state index contributed by atoms with van der Waals surface area (Å²) < 4.78 is 50.7. The lowest BCUT2D eigenvalue weighted by Crippen LogP contribution is -2.37. The van der Waals surface area contributed by atoms with Gasteiger partial charge in [-0.15, -0.1) is 0 Å². The SMILES string of the molecule is CNC(c1ccccc1F)C(C)CN(C)CC(F)(F)F. The van der Waals surface area contributed by atoms with Crippen molar-refractivity contribution in [3.63, 3.8) is 0 Å². The summed E-state index contributed by atoms with van der Waals surface area (Å²) in [4.78, 5) is 1.20. The maximum Gasteiger partial charge on any atom is 0.401 e. The van der Waals surface area contributed by atoms with Crippen LogP contribution in [0.3, 0.4) is 0 Å². The molecule has 6 heteroatoms. The molecule has 0 aliphatic rings. The van der Waals surface area contributed by atoms with Gasteiger partial charge in [-0.1, -0.05) is 25.1 Å². The second-order valence-corrected chi connectivity index (χ2v) is 5.08. The summed E-state index contributed by atoms with van der Waals surface area (Å²) in [5.74, 6) is -0.513. The minimum Gasteiger partial charge on any atom is -0.313 e. The number of rotatable bonds is 6. The van der Waals surface area contributed by atoms with E-state index >= 15 is 0 Å². The molecule has 2 unspecified atom stereocenters. The number of nitrogens with one attached hydrogen (secondary N) is 1. The van der Waals surface area contributed by atoms with Crippen molar-refractivity contribution in [1.82, 2.24) is 10.2 Å². The van der Waals surface area contributed by atoms with Crippen LogP contribution in [0.2, 0.25) is 0 Å². The van der Waals surface area contributed by atoms with Crippen LogP contribution in [0.4, 0.5) is 17.6 Å². The molecule has 0 aliphatic heterocycles. The third-order valence-corrected chi connectivity index (χ3v) is 3.17. The molecule has 2 atom stereocenters. The number of nitrogens with zero attached hydrogens (tertiary/aromatic N) is 1. The minimum absolute atomic E-state index is 0.163. The lowest BCUT2D eigenvalue weighted by Gasteiger charge is -2.29. The van der Waals surface area contributed by atoms with Crippen LogP contribution in [0.15, 0.2) is 24.3 Å². The Balaban J connectivity index is 2.73. The van der Waals surface area contributed by atoms with Gasteiger partial charge in [0.15, 0.2) is 0 Å². The van der Waals surface area contributed by atoms with E-state index < -0.39 is 12.7 Å². The van der Waals surface area contributed by atoms with Crippen LogP contribution < -0.4 is 5.32 Å². The Morgan fingerprint density at radius 3 is 2.35 bits per heavy atom. The first-order valence-electron chi connectivity index (χ1n) is 6.41. The fourth-order valence-corrected chi connectivity index (χ4v) is 2.44. The van der Waals surface area contributed by atoms with E-state index in [9.17, 15) is 17.6 Å². The monoisotopic (exact) mass is 292 g/mol. The first-order chi connectivity index (χ1) is 9.24. The lowest BCUT2D eigenvalue weighted by molar-refractivity contribution is -0.144. The van der Waals surface area contributed by atoms with E-state index in [4.69, 9.17) is 0 Å². The summed E-state index contributed by atoms with van der Waals surface area (Å²) in [5, 5.41) is 2.98. The first-order valence-corrected chi connectivity index (χ1v) is 6.41. The summed E-state index contributed by atoms with van der Waals surface area (Å²) in [6, 6.07) is 5.98. The van der Waals surface area contributed by atoms with Gasteiger partial charge in [0.1, 0.15) is 5.82 Å². The van der Waals surface area contributed by atoms with Crippen molar-refractivity contribution in [1.29, 1.82) is 0 Å². The third-order valence-electron chi connectivity index (χ3n) is 3.17. The van der Waals surface area contributed by atoms with Gasteiger partial charge in [0.25, 0.3) is 0 Å². The predicted octanol–water partition coefficient (Wildman–Crippen LogP) is 3.22. The summed E-state index contributed by atoms with van der Waals surface area (Å²) in [6.45, 7) is 1.06. The molecule has 114 valence electrons. The quantitative estimate of drug-likeness (QED) is 0.810. The average Bonchev–Trinajstić information content (AvgIpc) is 2.29. The highest BCUT2D eigenvalue weighted by Gasteiger charge is 2.30. The molecule has 0 saturated carbocycles. The fourth-order valence-electron chi connectivity index (χ4n) is 2.44. The summed E-state index contributed by atoms with van der Waals surface area (Å²) in [5.41, 5.74) is 0.475. The van der Waals surface area contributed by atoms with E-state index in [-0.39, 0.29) is 24.3 Å². The van der Waals surface area contributed by atoms with E-state index in [1.807, 2.05) is 0 Å². The number of halogens is 4. The van der Waals surface area contributed by atoms with Crippen LogP contribution in [-0.4, -0.2) is 38.3 Å². The van der Waals surface area contributed by atoms with Gasteiger partial charge in [0.2, 0.25) is 0 Å². The van der Waals surface area contributed by atoms with Crippen LogP contribution in [0.5, 0.6) is 0 Å². The number of benzene rings is 1. The largest absolute Gasteiger partial charge is 0.401 e. The predicted molar refractivity (Wildman–Crippen MR) is 70.9 cm³/mol. The van der Waals surface area contributed by atoms with Crippen molar-refractivity contribution in [2.75, 3.05) is 27.2 Å². The smallest absolute Gasteiger partial charge is 0.313 e. The number of alkyl halides is 3. The Morgan fingerprint density at radius 1 is 1.25 bits per heavy atom. The summed E-state index contributed by atoms with van der Waals surface area (Å²) >= 11 is 0. The Morgan fingerprint density at radius 2 is 1.85 bits per heavy atom.